The highest BCUT2D eigenvalue weighted by Gasteiger charge is 2.24. The van der Waals surface area contributed by atoms with Crippen LogP contribution in [0.5, 0.6) is 0 Å². The van der Waals surface area contributed by atoms with Gasteiger partial charge in [0.1, 0.15) is 18.0 Å². The topological polar surface area (TPSA) is 45.2 Å². The number of anilines is 2. The minimum atomic E-state index is 0.541. The second-order valence-corrected chi connectivity index (χ2v) is 7.01. The molecule has 2 aromatic rings. The first-order chi connectivity index (χ1) is 10.9. The minimum Gasteiger partial charge on any atom is -0.356 e. The van der Waals surface area contributed by atoms with E-state index in [1.165, 1.54) is 30.7 Å². The summed E-state index contributed by atoms with van der Waals surface area (Å²) >= 11 is 1.77. The third-order valence-electron chi connectivity index (χ3n) is 4.61. The summed E-state index contributed by atoms with van der Waals surface area (Å²) in [5, 5.41) is 3.34. The second kappa shape index (κ2) is 6.20. The molecule has 0 radical (unpaired) electrons. The van der Waals surface area contributed by atoms with Crippen molar-refractivity contribution in [1.29, 1.82) is 0 Å². The second-order valence-electron chi connectivity index (χ2n) is 6.08. The molecule has 4 rings (SSSR count). The average Bonchev–Trinajstić information content (AvgIpc) is 3.29. The van der Waals surface area contributed by atoms with Crippen LogP contribution in [0.1, 0.15) is 36.6 Å². The molecule has 0 saturated carbocycles. The maximum absolute atomic E-state index is 4.52. The molecule has 2 aliphatic rings. The van der Waals surface area contributed by atoms with Crippen molar-refractivity contribution in [3.63, 3.8) is 0 Å². The van der Waals surface area contributed by atoms with Crippen molar-refractivity contribution < 1.29 is 0 Å². The lowest BCUT2D eigenvalue weighted by Gasteiger charge is -2.33. The SMILES string of the molecule is c1nc(N2CCCC2)cc(N2CCCC(c3nccs3)C2)n1. The fraction of sp³-hybridized carbons (Fsp3) is 0.562. The lowest BCUT2D eigenvalue weighted by atomic mass is 9.99. The van der Waals surface area contributed by atoms with Gasteiger partial charge in [-0.1, -0.05) is 0 Å². The average molecular weight is 315 g/mol. The summed E-state index contributed by atoms with van der Waals surface area (Å²) in [4.78, 5) is 18.3. The molecule has 2 aromatic heterocycles. The molecular formula is C16H21N5S. The standard InChI is InChI=1S/C16H21N5S/c1-2-7-20(6-1)14-10-15(19-12-18-14)21-8-3-4-13(11-21)16-17-5-9-22-16/h5,9-10,12-13H,1-4,6-8,11H2. The van der Waals surface area contributed by atoms with Crippen molar-refractivity contribution in [2.45, 2.75) is 31.6 Å². The van der Waals surface area contributed by atoms with Gasteiger partial charge in [0.2, 0.25) is 0 Å². The van der Waals surface area contributed by atoms with E-state index in [9.17, 15) is 0 Å². The van der Waals surface area contributed by atoms with E-state index in [1.807, 2.05) is 6.20 Å². The first kappa shape index (κ1) is 13.9. The van der Waals surface area contributed by atoms with Crippen LogP contribution < -0.4 is 9.80 Å². The summed E-state index contributed by atoms with van der Waals surface area (Å²) in [7, 11) is 0. The van der Waals surface area contributed by atoms with E-state index in [0.29, 0.717) is 5.92 Å². The molecule has 0 aliphatic carbocycles. The lowest BCUT2D eigenvalue weighted by molar-refractivity contribution is 0.505. The van der Waals surface area contributed by atoms with E-state index < -0.39 is 0 Å². The molecule has 0 aromatic carbocycles. The van der Waals surface area contributed by atoms with Crippen molar-refractivity contribution in [3.8, 4) is 0 Å². The normalized spacial score (nSPS) is 22.3. The van der Waals surface area contributed by atoms with E-state index in [-0.39, 0.29) is 0 Å². The molecule has 116 valence electrons. The van der Waals surface area contributed by atoms with Crippen LogP contribution in [0.2, 0.25) is 0 Å². The monoisotopic (exact) mass is 315 g/mol. The van der Waals surface area contributed by atoms with Crippen LogP contribution in [0.3, 0.4) is 0 Å². The summed E-state index contributed by atoms with van der Waals surface area (Å²) in [6.07, 6.45) is 8.61. The number of hydrogen-bond donors (Lipinski definition) is 0. The zero-order valence-electron chi connectivity index (χ0n) is 12.7. The largest absolute Gasteiger partial charge is 0.356 e. The summed E-state index contributed by atoms with van der Waals surface area (Å²) in [5.41, 5.74) is 0. The number of piperidine rings is 1. The molecule has 0 amide bonds. The van der Waals surface area contributed by atoms with Crippen LogP contribution in [0.15, 0.2) is 24.0 Å². The molecule has 2 aliphatic heterocycles. The molecule has 0 spiro atoms. The Kier molecular flexibility index (Phi) is 3.93. The molecule has 22 heavy (non-hydrogen) atoms. The highest BCUT2D eigenvalue weighted by Crippen LogP contribution is 2.31. The minimum absolute atomic E-state index is 0.541. The van der Waals surface area contributed by atoms with Gasteiger partial charge in [0.15, 0.2) is 0 Å². The Bertz CT molecular complexity index is 609. The van der Waals surface area contributed by atoms with Crippen LogP contribution in [0.25, 0.3) is 0 Å². The molecule has 4 heterocycles. The number of aromatic nitrogens is 3. The molecule has 1 unspecified atom stereocenters. The predicted molar refractivity (Wildman–Crippen MR) is 89.8 cm³/mol. The van der Waals surface area contributed by atoms with E-state index in [1.54, 1.807) is 17.7 Å². The Balaban J connectivity index is 1.52. The molecular weight excluding hydrogens is 294 g/mol. The van der Waals surface area contributed by atoms with E-state index in [0.717, 1.165) is 37.8 Å². The summed E-state index contributed by atoms with van der Waals surface area (Å²) in [6.45, 7) is 4.35. The highest BCUT2D eigenvalue weighted by atomic mass is 32.1. The van der Waals surface area contributed by atoms with Gasteiger partial charge in [0.05, 0.1) is 5.01 Å². The van der Waals surface area contributed by atoms with Crippen molar-refractivity contribution in [3.05, 3.63) is 29.0 Å². The number of thiazole rings is 1. The molecule has 1 atom stereocenters. The third kappa shape index (κ3) is 2.79. The molecule has 0 N–H and O–H groups in total. The van der Waals surface area contributed by atoms with Crippen molar-refractivity contribution in [2.75, 3.05) is 36.0 Å². The first-order valence-corrected chi connectivity index (χ1v) is 8.99. The lowest BCUT2D eigenvalue weighted by Crippen LogP contribution is -2.35. The Hall–Kier alpha value is -1.69. The maximum Gasteiger partial charge on any atom is 0.134 e. The van der Waals surface area contributed by atoms with Gasteiger partial charge in [-0.05, 0) is 25.7 Å². The predicted octanol–water partition coefficient (Wildman–Crippen LogP) is 2.92. The molecule has 0 bridgehead atoms. The maximum atomic E-state index is 4.52. The Labute approximate surface area is 135 Å². The van der Waals surface area contributed by atoms with Crippen LogP contribution in [-0.4, -0.2) is 41.1 Å². The molecule has 6 heteroatoms. The van der Waals surface area contributed by atoms with Gasteiger partial charge in [-0.2, -0.15) is 0 Å². The Morgan fingerprint density at radius 1 is 0.955 bits per heavy atom. The van der Waals surface area contributed by atoms with Crippen molar-refractivity contribution in [1.82, 2.24) is 15.0 Å². The summed E-state index contributed by atoms with van der Waals surface area (Å²) in [5.74, 6) is 2.69. The fourth-order valence-electron chi connectivity index (χ4n) is 3.45. The van der Waals surface area contributed by atoms with Gasteiger partial charge in [-0.3, -0.25) is 0 Å². The van der Waals surface area contributed by atoms with Crippen LogP contribution in [0, 0.1) is 0 Å². The van der Waals surface area contributed by atoms with Crippen LogP contribution in [-0.2, 0) is 0 Å². The van der Waals surface area contributed by atoms with Crippen molar-refractivity contribution >= 4 is 23.0 Å². The Morgan fingerprint density at radius 3 is 2.50 bits per heavy atom. The number of hydrogen-bond acceptors (Lipinski definition) is 6. The summed E-state index contributed by atoms with van der Waals surface area (Å²) < 4.78 is 0. The number of nitrogens with zero attached hydrogens (tertiary/aromatic N) is 5. The van der Waals surface area contributed by atoms with Gasteiger partial charge in [-0.15, -0.1) is 11.3 Å². The molecule has 5 nitrogen and oxygen atoms in total. The summed E-state index contributed by atoms with van der Waals surface area (Å²) in [6, 6.07) is 2.16. The van der Waals surface area contributed by atoms with Gasteiger partial charge >= 0.3 is 0 Å². The van der Waals surface area contributed by atoms with E-state index >= 15 is 0 Å². The zero-order valence-corrected chi connectivity index (χ0v) is 13.5. The third-order valence-corrected chi connectivity index (χ3v) is 5.55. The van der Waals surface area contributed by atoms with Gasteiger partial charge in [0.25, 0.3) is 0 Å². The quantitative estimate of drug-likeness (QED) is 0.871. The van der Waals surface area contributed by atoms with Crippen LogP contribution in [0.4, 0.5) is 11.6 Å². The van der Waals surface area contributed by atoms with Gasteiger partial charge < -0.3 is 9.80 Å². The number of rotatable bonds is 3. The molecule has 2 saturated heterocycles. The highest BCUT2D eigenvalue weighted by molar-refractivity contribution is 7.09. The first-order valence-electron chi connectivity index (χ1n) is 8.11. The van der Waals surface area contributed by atoms with E-state index in [2.05, 4.69) is 36.2 Å². The smallest absolute Gasteiger partial charge is 0.134 e. The molecule has 2 fully saturated rings. The van der Waals surface area contributed by atoms with Gasteiger partial charge in [-0.25, -0.2) is 15.0 Å². The van der Waals surface area contributed by atoms with Crippen LogP contribution >= 0.6 is 11.3 Å². The zero-order chi connectivity index (χ0) is 14.8. The fourth-order valence-corrected chi connectivity index (χ4v) is 4.22. The Morgan fingerprint density at radius 2 is 1.73 bits per heavy atom. The van der Waals surface area contributed by atoms with Crippen molar-refractivity contribution in [2.24, 2.45) is 0 Å². The van der Waals surface area contributed by atoms with Gasteiger partial charge in [0, 0.05) is 49.7 Å². The van der Waals surface area contributed by atoms with E-state index in [4.69, 9.17) is 0 Å².